The van der Waals surface area contributed by atoms with Gasteiger partial charge in [0.15, 0.2) is 0 Å². The molecule has 2 N–H and O–H groups in total. The van der Waals surface area contributed by atoms with E-state index >= 15 is 0 Å². The van der Waals surface area contributed by atoms with E-state index in [9.17, 15) is 10.1 Å². The van der Waals surface area contributed by atoms with Gasteiger partial charge in [0.25, 0.3) is 0 Å². The molecule has 0 aliphatic carbocycles. The monoisotopic (exact) mass is 237 g/mol. The molecule has 0 aliphatic rings. The third kappa shape index (κ3) is 3.62. The molecular weight excluding hydrogens is 218 g/mol. The minimum absolute atomic E-state index is 0.120. The van der Waals surface area contributed by atoms with Gasteiger partial charge in [0.1, 0.15) is 11.4 Å². The van der Waals surface area contributed by atoms with Crippen molar-refractivity contribution >= 4 is 17.1 Å². The van der Waals surface area contributed by atoms with Crippen LogP contribution >= 0.6 is 0 Å². The molecular formula is C12H19N3O2. The average Bonchev–Trinajstić information content (AvgIpc) is 2.25. The van der Waals surface area contributed by atoms with Gasteiger partial charge in [-0.1, -0.05) is 13.0 Å². The number of nitrogens with one attached hydrogen (secondary N) is 2. The summed E-state index contributed by atoms with van der Waals surface area (Å²) in [7, 11) is 0. The number of nitrogens with zero attached hydrogens (tertiary/aromatic N) is 1. The lowest BCUT2D eigenvalue weighted by Crippen LogP contribution is -2.12. The van der Waals surface area contributed by atoms with E-state index in [1.165, 1.54) is 0 Å². The highest BCUT2D eigenvalue weighted by Gasteiger charge is 2.19. The van der Waals surface area contributed by atoms with Crippen LogP contribution in [0, 0.1) is 10.1 Å². The van der Waals surface area contributed by atoms with Crippen LogP contribution in [0.2, 0.25) is 0 Å². The van der Waals surface area contributed by atoms with Crippen LogP contribution in [0.4, 0.5) is 17.1 Å². The van der Waals surface area contributed by atoms with Gasteiger partial charge in [-0.15, -0.1) is 0 Å². The molecule has 0 aliphatic heterocycles. The topological polar surface area (TPSA) is 67.2 Å². The molecule has 94 valence electrons. The summed E-state index contributed by atoms with van der Waals surface area (Å²) in [6, 6.07) is 5.44. The second-order valence-corrected chi connectivity index (χ2v) is 4.18. The number of rotatable bonds is 6. The van der Waals surface area contributed by atoms with Crippen molar-refractivity contribution in [3.63, 3.8) is 0 Å². The molecule has 0 aromatic heterocycles. The fourth-order valence-electron chi connectivity index (χ4n) is 1.57. The smallest absolute Gasteiger partial charge is 0.315 e. The van der Waals surface area contributed by atoms with Crippen molar-refractivity contribution in [1.29, 1.82) is 0 Å². The van der Waals surface area contributed by atoms with E-state index in [2.05, 4.69) is 10.6 Å². The first-order valence-electron chi connectivity index (χ1n) is 5.84. The zero-order valence-corrected chi connectivity index (χ0v) is 10.5. The quantitative estimate of drug-likeness (QED) is 0.588. The lowest BCUT2D eigenvalue weighted by Gasteiger charge is -2.13. The lowest BCUT2D eigenvalue weighted by molar-refractivity contribution is -0.383. The second-order valence-electron chi connectivity index (χ2n) is 4.18. The van der Waals surface area contributed by atoms with E-state index in [0.717, 1.165) is 13.0 Å². The number of benzene rings is 1. The molecule has 0 heterocycles. The predicted molar refractivity (Wildman–Crippen MR) is 70.6 cm³/mol. The fraction of sp³-hybridized carbons (Fsp3) is 0.500. The van der Waals surface area contributed by atoms with Gasteiger partial charge in [0, 0.05) is 12.6 Å². The van der Waals surface area contributed by atoms with E-state index in [1.54, 1.807) is 12.1 Å². The molecule has 0 bridgehead atoms. The number of nitro benzene ring substituents is 1. The highest BCUT2D eigenvalue weighted by Crippen LogP contribution is 2.33. The van der Waals surface area contributed by atoms with Gasteiger partial charge in [0.05, 0.1) is 4.92 Å². The number of hydrogen-bond acceptors (Lipinski definition) is 4. The van der Waals surface area contributed by atoms with Gasteiger partial charge in [-0.25, -0.2) is 0 Å². The van der Waals surface area contributed by atoms with Crippen LogP contribution in [0.15, 0.2) is 18.2 Å². The fourth-order valence-corrected chi connectivity index (χ4v) is 1.57. The van der Waals surface area contributed by atoms with Gasteiger partial charge in [0.2, 0.25) is 0 Å². The number of anilines is 2. The molecule has 1 aromatic rings. The van der Waals surface area contributed by atoms with Crippen molar-refractivity contribution in [1.82, 2.24) is 0 Å². The minimum atomic E-state index is -0.345. The highest BCUT2D eigenvalue weighted by molar-refractivity contribution is 5.76. The Morgan fingerprint density at radius 3 is 2.53 bits per heavy atom. The van der Waals surface area contributed by atoms with Crippen LogP contribution in [0.1, 0.15) is 27.2 Å². The van der Waals surface area contributed by atoms with E-state index in [4.69, 9.17) is 0 Å². The van der Waals surface area contributed by atoms with Crippen LogP contribution in [0.5, 0.6) is 0 Å². The van der Waals surface area contributed by atoms with Gasteiger partial charge in [-0.2, -0.15) is 0 Å². The van der Waals surface area contributed by atoms with Crippen molar-refractivity contribution in [3.8, 4) is 0 Å². The maximum Gasteiger partial charge on any atom is 0.315 e. The van der Waals surface area contributed by atoms with E-state index in [0.29, 0.717) is 11.4 Å². The molecule has 0 fully saturated rings. The van der Waals surface area contributed by atoms with Gasteiger partial charge in [-0.05, 0) is 32.4 Å². The summed E-state index contributed by atoms with van der Waals surface area (Å²) in [5.41, 5.74) is 1.25. The van der Waals surface area contributed by atoms with Crippen LogP contribution in [0.3, 0.4) is 0 Å². The molecule has 1 aromatic carbocycles. The average molecular weight is 237 g/mol. The van der Waals surface area contributed by atoms with Crippen LogP contribution in [0.25, 0.3) is 0 Å². The van der Waals surface area contributed by atoms with Crippen molar-refractivity contribution in [2.24, 2.45) is 0 Å². The summed E-state index contributed by atoms with van der Waals surface area (Å²) in [5.74, 6) is 0. The Kier molecular flexibility index (Phi) is 4.75. The third-order valence-electron chi connectivity index (χ3n) is 2.23. The SMILES string of the molecule is CCCNc1cccc(NC(C)C)c1[N+](=O)[O-]. The Morgan fingerprint density at radius 2 is 2.00 bits per heavy atom. The zero-order valence-electron chi connectivity index (χ0n) is 10.5. The first-order chi connectivity index (χ1) is 8.06. The molecule has 5 heteroatoms. The summed E-state index contributed by atoms with van der Waals surface area (Å²) in [6.45, 7) is 6.66. The lowest BCUT2D eigenvalue weighted by atomic mass is 10.2. The summed E-state index contributed by atoms with van der Waals surface area (Å²) >= 11 is 0. The first kappa shape index (κ1) is 13.3. The molecule has 0 atom stereocenters. The Bertz CT molecular complexity index is 391. The largest absolute Gasteiger partial charge is 0.379 e. The molecule has 0 spiro atoms. The van der Waals surface area contributed by atoms with E-state index in [-0.39, 0.29) is 16.7 Å². The maximum absolute atomic E-state index is 11.1. The molecule has 0 saturated heterocycles. The van der Waals surface area contributed by atoms with E-state index in [1.807, 2.05) is 26.8 Å². The Balaban J connectivity index is 3.08. The van der Waals surface area contributed by atoms with Gasteiger partial charge in [-0.3, -0.25) is 10.1 Å². The summed E-state index contributed by atoms with van der Waals surface area (Å²) in [4.78, 5) is 10.8. The molecule has 17 heavy (non-hydrogen) atoms. The molecule has 0 radical (unpaired) electrons. The minimum Gasteiger partial charge on any atom is -0.379 e. The predicted octanol–water partition coefficient (Wildman–Crippen LogP) is 3.24. The Hall–Kier alpha value is -1.78. The standard InChI is InChI=1S/C12H19N3O2/c1-4-8-13-10-6-5-7-11(14-9(2)3)12(10)15(16)17/h5-7,9,13-14H,4,8H2,1-3H3. The Labute approximate surface area is 101 Å². The summed E-state index contributed by atoms with van der Waals surface area (Å²) < 4.78 is 0. The maximum atomic E-state index is 11.1. The van der Waals surface area contributed by atoms with Crippen LogP contribution in [-0.4, -0.2) is 17.5 Å². The molecule has 1 rings (SSSR count). The summed E-state index contributed by atoms with van der Waals surface area (Å²) in [5, 5.41) is 17.3. The molecule has 0 amide bonds. The molecule has 0 unspecified atom stereocenters. The Morgan fingerprint density at radius 1 is 1.35 bits per heavy atom. The number of hydrogen-bond donors (Lipinski definition) is 2. The van der Waals surface area contributed by atoms with Crippen LogP contribution < -0.4 is 10.6 Å². The van der Waals surface area contributed by atoms with Crippen molar-refractivity contribution in [3.05, 3.63) is 28.3 Å². The third-order valence-corrected chi connectivity index (χ3v) is 2.23. The highest BCUT2D eigenvalue weighted by atomic mass is 16.6. The van der Waals surface area contributed by atoms with Gasteiger partial charge < -0.3 is 10.6 Å². The number of para-hydroxylation sites is 1. The van der Waals surface area contributed by atoms with Crippen LogP contribution in [-0.2, 0) is 0 Å². The van der Waals surface area contributed by atoms with Gasteiger partial charge >= 0.3 is 5.69 Å². The van der Waals surface area contributed by atoms with Crippen molar-refractivity contribution < 1.29 is 4.92 Å². The van der Waals surface area contributed by atoms with Crippen molar-refractivity contribution in [2.75, 3.05) is 17.2 Å². The zero-order chi connectivity index (χ0) is 12.8. The molecule has 5 nitrogen and oxygen atoms in total. The number of nitro groups is 1. The molecule has 0 saturated carbocycles. The first-order valence-corrected chi connectivity index (χ1v) is 5.84. The second kappa shape index (κ2) is 6.08. The van der Waals surface area contributed by atoms with Crippen molar-refractivity contribution in [2.45, 2.75) is 33.2 Å². The van der Waals surface area contributed by atoms with E-state index < -0.39 is 0 Å². The summed E-state index contributed by atoms with van der Waals surface area (Å²) in [6.07, 6.45) is 0.930. The normalized spacial score (nSPS) is 10.4.